The lowest BCUT2D eigenvalue weighted by Gasteiger charge is -2.23. The summed E-state index contributed by atoms with van der Waals surface area (Å²) >= 11 is 0. The van der Waals surface area contributed by atoms with E-state index < -0.39 is 42.3 Å². The maximum Gasteiger partial charge on any atom is 0.342 e. The van der Waals surface area contributed by atoms with Gasteiger partial charge >= 0.3 is 5.97 Å². The van der Waals surface area contributed by atoms with Crippen molar-refractivity contribution in [1.82, 2.24) is 5.32 Å². The zero-order chi connectivity index (χ0) is 29.4. The molecule has 1 aromatic carbocycles. The Kier molecular flexibility index (Phi) is 11.1. The second-order valence-corrected chi connectivity index (χ2v) is 10.5. The minimum Gasteiger partial charge on any atom is -0.491 e. The van der Waals surface area contributed by atoms with Crippen LogP contribution in [-0.2, 0) is 23.7 Å². The van der Waals surface area contributed by atoms with Crippen molar-refractivity contribution in [2.24, 2.45) is 5.92 Å². The predicted molar refractivity (Wildman–Crippen MR) is 146 cm³/mol. The summed E-state index contributed by atoms with van der Waals surface area (Å²) in [7, 11) is 1.46. The normalized spacial score (nSPS) is 27.9. The van der Waals surface area contributed by atoms with Crippen molar-refractivity contribution in [3.8, 4) is 11.5 Å². The lowest BCUT2D eigenvalue weighted by Crippen LogP contribution is -2.34. The van der Waals surface area contributed by atoms with Crippen molar-refractivity contribution in [2.45, 2.75) is 77.3 Å². The largest absolute Gasteiger partial charge is 0.491 e. The summed E-state index contributed by atoms with van der Waals surface area (Å²) in [5, 5.41) is 23.6. The number of aliphatic hydroxyl groups is 2. The molecule has 4 unspecified atom stereocenters. The van der Waals surface area contributed by atoms with E-state index in [9.17, 15) is 19.8 Å². The molecule has 11 nitrogen and oxygen atoms in total. The maximum atomic E-state index is 13.5. The SMILES string of the molecule is COCOc1cc(OCC(O)CNC(C)=O)cc2c1C(=O)OC(C)[C@H](C)/C=C\C(O)C1OC(C)(C)O[C@H]1CC=C2. The first kappa shape index (κ1) is 31.6. The van der Waals surface area contributed by atoms with Crippen LogP contribution in [0.3, 0.4) is 0 Å². The number of benzene rings is 1. The summed E-state index contributed by atoms with van der Waals surface area (Å²) in [5.41, 5.74) is 0.632. The molecule has 0 spiro atoms. The van der Waals surface area contributed by atoms with Crippen LogP contribution in [0.15, 0.2) is 30.4 Å². The van der Waals surface area contributed by atoms with Crippen LogP contribution in [0.5, 0.6) is 11.5 Å². The van der Waals surface area contributed by atoms with E-state index in [0.717, 1.165) is 0 Å². The standard InChI is InChI=1S/C29H41NO10/c1-17-10-11-23(33)27-24(39-29(4,5)40-27)9-7-8-20-12-22(36-15-21(32)14-30-19(3)31)13-25(37-16-35-6)26(20)28(34)38-18(17)2/h7-8,10-13,17-18,21,23-24,27,32-33H,9,14-16H2,1-6H3,(H,30,31)/b8-7?,11-10-/t17-,18?,21?,23?,24+,27?/m1/s1. The van der Waals surface area contributed by atoms with Crippen molar-refractivity contribution in [3.63, 3.8) is 0 Å². The Labute approximate surface area is 235 Å². The lowest BCUT2D eigenvalue weighted by atomic mass is 9.99. The molecule has 2 heterocycles. The average molecular weight is 564 g/mol. The van der Waals surface area contributed by atoms with E-state index in [1.807, 2.05) is 13.0 Å². The number of fused-ring (bicyclic) bond motifs is 2. The van der Waals surface area contributed by atoms with E-state index in [0.29, 0.717) is 17.7 Å². The number of nitrogens with one attached hydrogen (secondary N) is 1. The van der Waals surface area contributed by atoms with Crippen molar-refractivity contribution in [1.29, 1.82) is 0 Å². The molecule has 6 atom stereocenters. The Morgan fingerprint density at radius 3 is 2.65 bits per heavy atom. The number of hydrogen-bond donors (Lipinski definition) is 3. The molecule has 0 aromatic heterocycles. The van der Waals surface area contributed by atoms with Gasteiger partial charge in [0.05, 0.1) is 6.10 Å². The second-order valence-electron chi connectivity index (χ2n) is 10.5. The van der Waals surface area contributed by atoms with Crippen LogP contribution < -0.4 is 14.8 Å². The van der Waals surface area contributed by atoms with Gasteiger partial charge in [-0.15, -0.1) is 0 Å². The van der Waals surface area contributed by atoms with Crippen molar-refractivity contribution < 1.29 is 48.2 Å². The highest BCUT2D eigenvalue weighted by Gasteiger charge is 2.43. The summed E-state index contributed by atoms with van der Waals surface area (Å²) in [4.78, 5) is 24.6. The number of amides is 1. The van der Waals surface area contributed by atoms with E-state index in [4.69, 9.17) is 28.4 Å². The van der Waals surface area contributed by atoms with E-state index in [-0.39, 0.29) is 43.1 Å². The molecule has 1 aromatic rings. The van der Waals surface area contributed by atoms with Crippen LogP contribution in [0.1, 0.15) is 57.0 Å². The first-order chi connectivity index (χ1) is 18.9. The van der Waals surface area contributed by atoms with Gasteiger partial charge in [0.15, 0.2) is 12.6 Å². The highest BCUT2D eigenvalue weighted by atomic mass is 16.8. The van der Waals surface area contributed by atoms with E-state index in [2.05, 4.69) is 5.32 Å². The number of hydrogen-bond acceptors (Lipinski definition) is 10. The number of aliphatic hydroxyl groups excluding tert-OH is 2. The number of ether oxygens (including phenoxy) is 6. The first-order valence-corrected chi connectivity index (χ1v) is 13.3. The molecule has 1 saturated heterocycles. The Morgan fingerprint density at radius 1 is 1.20 bits per heavy atom. The Balaban J connectivity index is 2.00. The third kappa shape index (κ3) is 8.77. The molecule has 0 bridgehead atoms. The topological polar surface area (TPSA) is 142 Å². The molecule has 0 radical (unpaired) electrons. The van der Waals surface area contributed by atoms with Crippen molar-refractivity contribution in [2.75, 3.05) is 27.1 Å². The smallest absolute Gasteiger partial charge is 0.342 e. The molecule has 1 fully saturated rings. The minimum absolute atomic E-state index is 0.0247. The average Bonchev–Trinajstić information content (AvgIpc) is 3.21. The van der Waals surface area contributed by atoms with Crippen LogP contribution >= 0.6 is 0 Å². The summed E-state index contributed by atoms with van der Waals surface area (Å²) in [6, 6.07) is 3.16. The van der Waals surface area contributed by atoms with Crippen LogP contribution in [0.2, 0.25) is 0 Å². The molecule has 2 aliphatic rings. The van der Waals surface area contributed by atoms with Gasteiger partial charge in [-0.05, 0) is 38.8 Å². The maximum absolute atomic E-state index is 13.5. The Hall–Kier alpha value is -2.96. The molecule has 1 amide bonds. The number of carbonyl (C=O) groups is 2. The van der Waals surface area contributed by atoms with Crippen molar-refractivity contribution in [3.05, 3.63) is 41.5 Å². The first-order valence-electron chi connectivity index (χ1n) is 13.3. The van der Waals surface area contributed by atoms with Crippen LogP contribution in [0, 0.1) is 5.92 Å². The highest BCUT2D eigenvalue weighted by Crippen LogP contribution is 2.35. The zero-order valence-corrected chi connectivity index (χ0v) is 23.9. The predicted octanol–water partition coefficient (Wildman–Crippen LogP) is 2.58. The van der Waals surface area contributed by atoms with Crippen molar-refractivity contribution >= 4 is 18.0 Å². The van der Waals surface area contributed by atoms with Gasteiger partial charge in [-0.2, -0.15) is 0 Å². The Bertz CT molecular complexity index is 1080. The third-order valence-electron chi connectivity index (χ3n) is 6.54. The molecule has 3 rings (SSSR count). The fraction of sp³-hybridized carbons (Fsp3) is 0.586. The van der Waals surface area contributed by atoms with Gasteiger partial charge in [-0.25, -0.2) is 4.79 Å². The van der Waals surface area contributed by atoms with Gasteiger partial charge in [-0.3, -0.25) is 4.79 Å². The van der Waals surface area contributed by atoms with Gasteiger partial charge in [0.25, 0.3) is 0 Å². The highest BCUT2D eigenvalue weighted by molar-refractivity contribution is 5.97. The second kappa shape index (κ2) is 14.1. The summed E-state index contributed by atoms with van der Waals surface area (Å²) in [5.74, 6) is -1.46. The van der Waals surface area contributed by atoms with E-state index >= 15 is 0 Å². The fourth-order valence-electron chi connectivity index (χ4n) is 4.35. The molecular weight excluding hydrogens is 522 g/mol. The summed E-state index contributed by atoms with van der Waals surface area (Å²) in [6.45, 7) is 8.38. The van der Waals surface area contributed by atoms with Gasteiger partial charge in [0.2, 0.25) is 5.91 Å². The molecule has 222 valence electrons. The molecule has 0 aliphatic carbocycles. The number of methoxy groups -OCH3 is 1. The molecule has 2 aliphatic heterocycles. The van der Waals surface area contributed by atoms with E-state index in [1.54, 1.807) is 45.1 Å². The Morgan fingerprint density at radius 2 is 1.95 bits per heavy atom. The summed E-state index contributed by atoms with van der Waals surface area (Å²) < 4.78 is 34.5. The molecule has 0 saturated carbocycles. The molecule has 11 heteroatoms. The van der Waals surface area contributed by atoms with Crippen LogP contribution in [0.4, 0.5) is 0 Å². The van der Waals surface area contributed by atoms with Gasteiger partial charge in [0, 0.05) is 32.6 Å². The fourth-order valence-corrected chi connectivity index (χ4v) is 4.35. The quantitative estimate of drug-likeness (QED) is 0.245. The van der Waals surface area contributed by atoms with Crippen LogP contribution in [-0.4, -0.2) is 85.5 Å². The number of carbonyl (C=O) groups excluding carboxylic acids is 2. The molecule has 40 heavy (non-hydrogen) atoms. The number of cyclic esters (lactones) is 1. The number of esters is 1. The monoisotopic (exact) mass is 563 g/mol. The van der Waals surface area contributed by atoms with Gasteiger partial charge < -0.3 is 44.0 Å². The molecular formula is C29H41NO10. The minimum atomic E-state index is -0.956. The summed E-state index contributed by atoms with van der Waals surface area (Å²) in [6.07, 6.45) is 3.94. The van der Waals surface area contributed by atoms with Crippen LogP contribution in [0.25, 0.3) is 6.08 Å². The zero-order valence-electron chi connectivity index (χ0n) is 23.9. The lowest BCUT2D eigenvalue weighted by molar-refractivity contribution is -0.152. The number of rotatable bonds is 8. The van der Waals surface area contributed by atoms with Gasteiger partial charge in [0.1, 0.15) is 48.1 Å². The third-order valence-corrected chi connectivity index (χ3v) is 6.54. The van der Waals surface area contributed by atoms with Gasteiger partial charge in [-0.1, -0.05) is 31.2 Å². The molecule has 3 N–H and O–H groups in total. The van der Waals surface area contributed by atoms with E-state index in [1.165, 1.54) is 20.1 Å².